The summed E-state index contributed by atoms with van der Waals surface area (Å²) in [5, 5.41) is 9.63. The molecule has 3 aromatic heterocycles. The van der Waals surface area contributed by atoms with Crippen molar-refractivity contribution < 1.29 is 27.1 Å². The van der Waals surface area contributed by atoms with E-state index < -0.39 is 22.3 Å². The van der Waals surface area contributed by atoms with Crippen molar-refractivity contribution in [3.05, 3.63) is 77.7 Å². The van der Waals surface area contributed by atoms with Crippen molar-refractivity contribution in [1.82, 2.24) is 24.5 Å². The molecular weight excluding hydrogens is 537 g/mol. The van der Waals surface area contributed by atoms with Crippen molar-refractivity contribution in [3.8, 4) is 45.4 Å². The lowest BCUT2D eigenvalue weighted by molar-refractivity contribution is 0.272. The van der Waals surface area contributed by atoms with Gasteiger partial charge in [-0.1, -0.05) is 6.07 Å². The molecule has 0 aliphatic heterocycles. The van der Waals surface area contributed by atoms with Gasteiger partial charge in [-0.25, -0.2) is 32.7 Å². The van der Waals surface area contributed by atoms with Crippen LogP contribution in [0.1, 0.15) is 23.0 Å². The highest BCUT2D eigenvalue weighted by atomic mass is 32.2. The van der Waals surface area contributed by atoms with Crippen LogP contribution in [0.2, 0.25) is 0 Å². The van der Waals surface area contributed by atoms with Crippen LogP contribution in [-0.4, -0.2) is 51.4 Å². The van der Waals surface area contributed by atoms with Crippen molar-refractivity contribution in [2.45, 2.75) is 32.3 Å². The average Bonchev–Trinajstić information content (AvgIpc) is 3.48. The average molecular weight is 564 g/mol. The maximum Gasteiger partial charge on any atom is 0.316 e. The third kappa shape index (κ3) is 4.98. The van der Waals surface area contributed by atoms with Crippen LogP contribution >= 0.6 is 0 Å². The Morgan fingerprint density at radius 2 is 1.75 bits per heavy atom. The Bertz CT molecular complexity index is 1850. The summed E-state index contributed by atoms with van der Waals surface area (Å²) < 4.78 is 52.9. The number of rotatable bonds is 7. The van der Waals surface area contributed by atoms with Crippen LogP contribution in [0.15, 0.2) is 58.2 Å². The van der Waals surface area contributed by atoms with Gasteiger partial charge >= 0.3 is 6.01 Å². The van der Waals surface area contributed by atoms with Crippen molar-refractivity contribution in [3.63, 3.8) is 0 Å². The first-order chi connectivity index (χ1) is 19.0. The van der Waals surface area contributed by atoms with Crippen LogP contribution in [0, 0.1) is 26.6 Å². The summed E-state index contributed by atoms with van der Waals surface area (Å²) >= 11 is 0. The number of imidazole rings is 1. The van der Waals surface area contributed by atoms with Crippen molar-refractivity contribution >= 4 is 9.84 Å². The van der Waals surface area contributed by atoms with E-state index in [0.717, 1.165) is 23.5 Å². The van der Waals surface area contributed by atoms with E-state index in [0.29, 0.717) is 39.6 Å². The first kappa shape index (κ1) is 27.2. The predicted molar refractivity (Wildman–Crippen MR) is 145 cm³/mol. The molecule has 5 aromatic rings. The third-order valence-corrected chi connectivity index (χ3v) is 7.53. The van der Waals surface area contributed by atoms with Gasteiger partial charge in [0.05, 0.1) is 35.6 Å². The number of oxazole rings is 1. The van der Waals surface area contributed by atoms with E-state index in [1.54, 1.807) is 31.5 Å². The third-order valence-electron chi connectivity index (χ3n) is 6.37. The molecule has 0 saturated carbocycles. The summed E-state index contributed by atoms with van der Waals surface area (Å²) in [7, 11) is -2.35. The Morgan fingerprint density at radius 3 is 2.35 bits per heavy atom. The minimum Gasteiger partial charge on any atom is -0.467 e. The molecule has 0 amide bonds. The lowest BCUT2D eigenvalue weighted by Crippen LogP contribution is -2.06. The molecule has 12 heteroatoms. The van der Waals surface area contributed by atoms with Gasteiger partial charge in [0.15, 0.2) is 21.5 Å². The quantitative estimate of drug-likeness (QED) is 0.301. The SMILES string of the molecule is COc1ncc(-c2oc(C)nc2-c2cc(-c3cc(F)c(CO)c(S(C)(=O)=O)c3)ccc2-n2cc(C)nc2C)cn1. The summed E-state index contributed by atoms with van der Waals surface area (Å²) in [6.07, 6.45) is 5.98. The van der Waals surface area contributed by atoms with Gasteiger partial charge in [0.2, 0.25) is 0 Å². The van der Waals surface area contributed by atoms with E-state index in [1.807, 2.05) is 30.7 Å². The predicted octanol–water partition coefficient (Wildman–Crippen LogP) is 4.62. The molecule has 0 spiro atoms. The fourth-order valence-electron chi connectivity index (χ4n) is 4.58. The molecule has 0 bridgehead atoms. The van der Waals surface area contributed by atoms with Gasteiger partial charge in [0.1, 0.15) is 17.3 Å². The maximum atomic E-state index is 15.0. The Labute approximate surface area is 230 Å². The molecule has 0 unspecified atom stereocenters. The molecule has 206 valence electrons. The number of aliphatic hydroxyl groups is 1. The monoisotopic (exact) mass is 563 g/mol. The first-order valence-corrected chi connectivity index (χ1v) is 14.0. The lowest BCUT2D eigenvalue weighted by atomic mass is 9.97. The summed E-state index contributed by atoms with van der Waals surface area (Å²) in [6.45, 7) is 4.73. The van der Waals surface area contributed by atoms with Crippen LogP contribution in [0.4, 0.5) is 4.39 Å². The van der Waals surface area contributed by atoms with Gasteiger partial charge in [-0.2, -0.15) is 0 Å². The summed E-state index contributed by atoms with van der Waals surface area (Å²) in [4.78, 5) is 17.3. The largest absolute Gasteiger partial charge is 0.467 e. The Morgan fingerprint density at radius 1 is 1.02 bits per heavy atom. The molecule has 0 saturated heterocycles. The minimum atomic E-state index is -3.82. The number of hydrogen-bond acceptors (Lipinski definition) is 9. The molecule has 0 fully saturated rings. The highest BCUT2D eigenvalue weighted by Gasteiger charge is 2.23. The number of ether oxygens (including phenoxy) is 1. The summed E-state index contributed by atoms with van der Waals surface area (Å²) in [6, 6.07) is 8.14. The molecule has 0 aliphatic carbocycles. The molecule has 10 nitrogen and oxygen atoms in total. The van der Waals surface area contributed by atoms with Gasteiger partial charge in [-0.05, 0) is 49.2 Å². The molecular formula is C28H26FN5O5S. The lowest BCUT2D eigenvalue weighted by Gasteiger charge is -2.15. The normalized spacial score (nSPS) is 11.7. The number of aliphatic hydroxyl groups excluding tert-OH is 1. The topological polar surface area (TPSA) is 133 Å². The van der Waals surface area contributed by atoms with Gasteiger partial charge in [0, 0.05) is 42.9 Å². The smallest absolute Gasteiger partial charge is 0.316 e. The number of methoxy groups -OCH3 is 1. The van der Waals surface area contributed by atoms with Crippen molar-refractivity contribution in [2.75, 3.05) is 13.4 Å². The zero-order valence-corrected chi connectivity index (χ0v) is 23.2. The highest BCUT2D eigenvalue weighted by Crippen LogP contribution is 2.39. The van der Waals surface area contributed by atoms with Crippen LogP contribution in [-0.2, 0) is 16.4 Å². The van der Waals surface area contributed by atoms with E-state index in [1.165, 1.54) is 19.2 Å². The van der Waals surface area contributed by atoms with Crippen molar-refractivity contribution in [2.24, 2.45) is 0 Å². The number of halogens is 1. The van der Waals surface area contributed by atoms with Crippen LogP contribution in [0.3, 0.4) is 0 Å². The molecule has 0 aliphatic rings. The van der Waals surface area contributed by atoms with E-state index in [2.05, 4.69) is 19.9 Å². The van der Waals surface area contributed by atoms with Gasteiger partial charge < -0.3 is 18.8 Å². The van der Waals surface area contributed by atoms with E-state index >= 15 is 4.39 Å². The van der Waals surface area contributed by atoms with E-state index in [4.69, 9.17) is 9.15 Å². The number of hydrogen-bond donors (Lipinski definition) is 1. The number of benzene rings is 2. The van der Waals surface area contributed by atoms with E-state index in [-0.39, 0.29) is 16.5 Å². The minimum absolute atomic E-state index is 0.198. The zero-order valence-electron chi connectivity index (χ0n) is 22.4. The number of aromatic nitrogens is 5. The Kier molecular flexibility index (Phi) is 6.98. The highest BCUT2D eigenvalue weighted by molar-refractivity contribution is 7.90. The number of sulfone groups is 1. The molecule has 3 heterocycles. The number of nitrogens with zero attached hydrogens (tertiary/aromatic N) is 5. The van der Waals surface area contributed by atoms with Gasteiger partial charge in [-0.15, -0.1) is 0 Å². The second-order valence-electron chi connectivity index (χ2n) is 9.27. The Balaban J connectivity index is 1.78. The molecule has 5 rings (SSSR count). The fraction of sp³-hybridized carbons (Fsp3) is 0.214. The van der Waals surface area contributed by atoms with Crippen molar-refractivity contribution in [1.29, 1.82) is 0 Å². The zero-order chi connectivity index (χ0) is 28.8. The standard InChI is InChI=1S/C28H26FN5O5S/c1-15-13-34(16(2)32-15)24-7-6-18(19-9-23(29)22(14-35)25(10-19)40(5,36)37)8-21(24)26-27(39-17(3)33-26)20-11-30-28(38-4)31-12-20/h6-13,35H,14H2,1-5H3. The second-order valence-corrected chi connectivity index (χ2v) is 11.2. The van der Waals surface area contributed by atoms with Crippen LogP contribution < -0.4 is 4.74 Å². The summed E-state index contributed by atoms with van der Waals surface area (Å²) in [5.41, 5.74) is 3.76. The van der Waals surface area contributed by atoms with E-state index in [9.17, 15) is 13.5 Å². The number of aryl methyl sites for hydroxylation is 3. The molecule has 0 atom stereocenters. The first-order valence-electron chi connectivity index (χ1n) is 12.1. The van der Waals surface area contributed by atoms with Gasteiger partial charge in [-0.3, -0.25) is 0 Å². The molecule has 1 N–H and O–H groups in total. The summed E-state index contributed by atoms with van der Waals surface area (Å²) in [5.74, 6) is 0.722. The molecule has 2 aromatic carbocycles. The molecule has 0 radical (unpaired) electrons. The molecule has 40 heavy (non-hydrogen) atoms. The second kappa shape index (κ2) is 10.3. The fourth-order valence-corrected chi connectivity index (χ4v) is 5.53. The van der Waals surface area contributed by atoms with Crippen LogP contribution in [0.5, 0.6) is 6.01 Å². The maximum absolute atomic E-state index is 15.0. The van der Waals surface area contributed by atoms with Crippen LogP contribution in [0.25, 0.3) is 39.4 Å². The van der Waals surface area contributed by atoms with Gasteiger partial charge in [0.25, 0.3) is 0 Å². The Hall–Kier alpha value is -4.42.